The van der Waals surface area contributed by atoms with Crippen LogP contribution in [0.3, 0.4) is 0 Å². The van der Waals surface area contributed by atoms with Crippen LogP contribution in [0.25, 0.3) is 0 Å². The Kier molecular flexibility index (Phi) is 17.2. The summed E-state index contributed by atoms with van der Waals surface area (Å²) in [5, 5.41) is 12.0. The van der Waals surface area contributed by atoms with Gasteiger partial charge in [0.2, 0.25) is 0 Å². The molecule has 2 N–H and O–H groups in total. The van der Waals surface area contributed by atoms with Crippen LogP contribution in [0, 0.1) is 59.2 Å². The van der Waals surface area contributed by atoms with E-state index >= 15 is 0 Å². The normalized spacial score (nSPS) is 53.0. The number of thioether (sulfide) groups is 2. The number of rotatable bonds is 8. The first-order valence-corrected chi connectivity index (χ1v) is 38.2. The molecule has 0 aromatic carbocycles. The van der Waals surface area contributed by atoms with Gasteiger partial charge in [0, 0.05) is 83.0 Å². The van der Waals surface area contributed by atoms with E-state index in [1.807, 2.05) is 0 Å². The lowest BCUT2D eigenvalue weighted by atomic mass is 9.51. The second-order valence-corrected chi connectivity index (χ2v) is 34.6. The van der Waals surface area contributed by atoms with E-state index in [-0.39, 0.29) is 0 Å². The summed E-state index contributed by atoms with van der Waals surface area (Å²) < 4.78 is 0. The quantitative estimate of drug-likeness (QED) is 0.249. The summed E-state index contributed by atoms with van der Waals surface area (Å²) in [7, 11) is 5.16. The molecular weight excluding hydrogens is 989 g/mol. The van der Waals surface area contributed by atoms with E-state index in [2.05, 4.69) is 67.9 Å². The standard InChI is InChI=1S/C70H118N6S2/c1-73-59-17-5-9-21-63(59)75(64-22-10-6-18-60(64)73)51-39-35-47(36-40-51)55-43-54(46-29-33-50(34-30-46)70-72-58-16-4-14-26-68(58)78-70)56(44-53(55)45-27-31-49(32-28-45)69-71-57-15-3-13-25-67(57)77-69)48-37-41-52(42-38-48)76-65-23-11-7-19-61(65)74(2)62-20-8-12-24-66(62)76/h45-72H,3-44H2,1-2H3. The molecule has 0 amide bonds. The summed E-state index contributed by atoms with van der Waals surface area (Å²) in [6, 6.07) is 10.1. The number of hydrogen-bond acceptors (Lipinski definition) is 8. The molecule has 0 spiro atoms. The van der Waals surface area contributed by atoms with Crippen LogP contribution in [0.1, 0.15) is 270 Å². The van der Waals surface area contributed by atoms with Crippen molar-refractivity contribution in [3.8, 4) is 0 Å². The van der Waals surface area contributed by atoms with Crippen molar-refractivity contribution in [1.29, 1.82) is 0 Å². The Hall–Kier alpha value is 0.460. The molecule has 4 saturated heterocycles. The number of fused-ring (bicyclic) bond motifs is 6. The van der Waals surface area contributed by atoms with Gasteiger partial charge >= 0.3 is 0 Å². The fourth-order valence-electron chi connectivity index (χ4n) is 24.9. The van der Waals surface area contributed by atoms with Crippen molar-refractivity contribution in [3.05, 3.63) is 0 Å². The lowest BCUT2D eigenvalue weighted by molar-refractivity contribution is -0.116. The zero-order valence-corrected chi connectivity index (χ0v) is 51.9. The van der Waals surface area contributed by atoms with Crippen molar-refractivity contribution in [2.75, 3.05) is 14.1 Å². The molecule has 15 aliphatic rings. The van der Waals surface area contributed by atoms with Gasteiger partial charge in [-0.1, -0.05) is 77.0 Å². The fraction of sp³-hybridized carbons (Fsp3) is 1.00. The first kappa shape index (κ1) is 55.1. The van der Waals surface area contributed by atoms with Gasteiger partial charge in [-0.15, -0.1) is 23.5 Å². The lowest BCUT2D eigenvalue weighted by Gasteiger charge is -2.61. The predicted octanol–water partition coefficient (Wildman–Crippen LogP) is 15.7. The van der Waals surface area contributed by atoms with Crippen molar-refractivity contribution < 1.29 is 0 Å². The van der Waals surface area contributed by atoms with Crippen molar-refractivity contribution >= 4 is 23.5 Å². The van der Waals surface area contributed by atoms with Gasteiger partial charge in [0.1, 0.15) is 0 Å². The average Bonchev–Trinajstić information content (AvgIpc) is 4.26. The number of piperazine rings is 2. The molecule has 0 radical (unpaired) electrons. The first-order chi connectivity index (χ1) is 38.5. The SMILES string of the molecule is CN1C2CCCCC2N(C2CCC(C3CC(C4CCC(C5NC6CCCCC6S5)CC4)C(C4CCC(N5C6CCCCC6N(C)C6CCCCC65)CC4)CC3C3CCC(C4NC5CCCCC5S4)CC3)CC2)C2CCCCC21. The highest BCUT2D eigenvalue weighted by atomic mass is 32.2. The van der Waals surface area contributed by atoms with Crippen LogP contribution in [0.5, 0.6) is 0 Å². The molecule has 0 aromatic rings. The lowest BCUT2D eigenvalue weighted by Crippen LogP contribution is -2.70. The highest BCUT2D eigenvalue weighted by Crippen LogP contribution is 2.60. The van der Waals surface area contributed by atoms with Gasteiger partial charge in [-0.25, -0.2) is 0 Å². The first-order valence-electron chi connectivity index (χ1n) is 36.3. The molecule has 0 bridgehead atoms. The van der Waals surface area contributed by atoms with E-state index < -0.39 is 0 Å². The van der Waals surface area contributed by atoms with E-state index in [4.69, 9.17) is 0 Å². The summed E-state index contributed by atoms with van der Waals surface area (Å²) in [6.07, 6.45) is 63.7. The smallest absolute Gasteiger partial charge is 0.0566 e. The zero-order valence-electron chi connectivity index (χ0n) is 50.3. The molecule has 4 aliphatic heterocycles. The Morgan fingerprint density at radius 1 is 0.269 bits per heavy atom. The Morgan fingerprint density at radius 3 is 0.833 bits per heavy atom. The summed E-state index contributed by atoms with van der Waals surface area (Å²) in [5.74, 6) is 9.89. The number of nitrogens with one attached hydrogen (secondary N) is 2. The van der Waals surface area contributed by atoms with E-state index in [0.29, 0.717) is 0 Å². The van der Waals surface area contributed by atoms with Gasteiger partial charge in [0.05, 0.1) is 10.7 Å². The van der Waals surface area contributed by atoms with Crippen LogP contribution in [-0.2, 0) is 0 Å². The molecule has 440 valence electrons. The topological polar surface area (TPSA) is 37.0 Å². The largest absolute Gasteiger partial charge is 0.301 e. The van der Waals surface area contributed by atoms with E-state index in [1.165, 1.54) is 205 Å². The minimum absolute atomic E-state index is 0.760. The van der Waals surface area contributed by atoms with Crippen LogP contribution in [-0.4, -0.2) is 127 Å². The molecular formula is C70H118N6S2. The van der Waals surface area contributed by atoms with Crippen LogP contribution in [0.15, 0.2) is 0 Å². The molecule has 4 heterocycles. The van der Waals surface area contributed by atoms with Crippen LogP contribution >= 0.6 is 23.5 Å². The molecule has 8 heteroatoms. The number of likely N-dealkylation sites (N-methyl/N-ethyl adjacent to an activating group) is 2. The number of nitrogens with zero attached hydrogens (tertiary/aromatic N) is 4. The minimum atomic E-state index is 0.760. The van der Waals surface area contributed by atoms with Crippen LogP contribution in [0.2, 0.25) is 0 Å². The maximum atomic E-state index is 4.32. The van der Waals surface area contributed by atoms with Crippen molar-refractivity contribution in [1.82, 2.24) is 30.2 Å². The van der Waals surface area contributed by atoms with Gasteiger partial charge in [-0.3, -0.25) is 19.6 Å². The highest BCUT2D eigenvalue weighted by molar-refractivity contribution is 8.01. The van der Waals surface area contributed by atoms with E-state index in [0.717, 1.165) is 153 Å². The van der Waals surface area contributed by atoms with Crippen molar-refractivity contribution in [3.63, 3.8) is 0 Å². The van der Waals surface area contributed by atoms with Gasteiger partial charge in [-0.2, -0.15) is 0 Å². The summed E-state index contributed by atoms with van der Waals surface area (Å²) in [6.45, 7) is 0. The molecule has 78 heavy (non-hydrogen) atoms. The Labute approximate surface area is 487 Å². The Morgan fingerprint density at radius 2 is 0.526 bits per heavy atom. The fourth-order valence-corrected chi connectivity index (χ4v) is 28.6. The molecule has 18 atom stereocenters. The van der Waals surface area contributed by atoms with E-state index in [9.17, 15) is 0 Å². The average molecular weight is 1110 g/mol. The second kappa shape index (κ2) is 24.3. The number of hydrogen-bond donors (Lipinski definition) is 2. The molecule has 11 saturated carbocycles. The minimum Gasteiger partial charge on any atom is -0.301 e. The van der Waals surface area contributed by atoms with E-state index in [1.54, 1.807) is 64.2 Å². The van der Waals surface area contributed by atoms with Crippen LogP contribution in [0.4, 0.5) is 0 Å². The molecule has 18 unspecified atom stereocenters. The van der Waals surface area contributed by atoms with Crippen molar-refractivity contribution in [2.45, 2.75) is 363 Å². The maximum absolute atomic E-state index is 4.32. The maximum Gasteiger partial charge on any atom is 0.0566 e. The molecule has 11 aliphatic carbocycles. The monoisotopic (exact) mass is 1110 g/mol. The van der Waals surface area contributed by atoms with Crippen LogP contribution < -0.4 is 10.6 Å². The molecule has 0 aromatic heterocycles. The molecule has 6 nitrogen and oxygen atoms in total. The summed E-state index contributed by atoms with van der Waals surface area (Å²) in [4.78, 5) is 12.6. The Bertz CT molecular complexity index is 1730. The molecule has 15 rings (SSSR count). The van der Waals surface area contributed by atoms with Gasteiger partial charge < -0.3 is 10.6 Å². The zero-order chi connectivity index (χ0) is 51.8. The van der Waals surface area contributed by atoms with Gasteiger partial charge in [0.25, 0.3) is 0 Å². The second-order valence-electron chi connectivity index (χ2n) is 31.8. The third-order valence-electron chi connectivity index (χ3n) is 28.6. The Balaban J connectivity index is 0.695. The summed E-state index contributed by atoms with van der Waals surface area (Å²) >= 11 is 4.86. The van der Waals surface area contributed by atoms with Crippen molar-refractivity contribution in [2.24, 2.45) is 59.2 Å². The highest BCUT2D eigenvalue weighted by Gasteiger charge is 2.55. The summed E-state index contributed by atoms with van der Waals surface area (Å²) in [5.41, 5.74) is 0. The third-order valence-corrected chi connectivity index (χ3v) is 32.1. The predicted molar refractivity (Wildman–Crippen MR) is 330 cm³/mol. The van der Waals surface area contributed by atoms with Gasteiger partial charge in [0.15, 0.2) is 0 Å². The van der Waals surface area contributed by atoms with Gasteiger partial charge in [-0.05, 0) is 266 Å². The molecule has 15 fully saturated rings. The third kappa shape index (κ3) is 10.6.